The van der Waals surface area contributed by atoms with E-state index in [-0.39, 0.29) is 6.10 Å². The number of ether oxygens (including phenoxy) is 1. The Morgan fingerprint density at radius 3 is 2.83 bits per heavy atom. The molecule has 0 saturated carbocycles. The predicted octanol–water partition coefficient (Wildman–Crippen LogP) is 3.37. The molecular formula is C15H22N2O. The number of hydrogen-bond donors (Lipinski definition) is 2. The molecule has 0 unspecified atom stereocenters. The number of aromatic amines is 1. The second kappa shape index (κ2) is 5.44. The Balaban J connectivity index is 2.39. The number of fused-ring (bicyclic) bond motifs is 1. The highest BCUT2D eigenvalue weighted by Crippen LogP contribution is 2.27. The molecule has 18 heavy (non-hydrogen) atoms. The number of aromatic nitrogens is 1. The Morgan fingerprint density at radius 1 is 1.39 bits per heavy atom. The van der Waals surface area contributed by atoms with Crippen LogP contribution in [-0.2, 0) is 6.54 Å². The van der Waals surface area contributed by atoms with Crippen molar-refractivity contribution in [2.75, 3.05) is 7.05 Å². The van der Waals surface area contributed by atoms with Crippen molar-refractivity contribution >= 4 is 10.9 Å². The lowest BCUT2D eigenvalue weighted by molar-refractivity contribution is 0.218. The van der Waals surface area contributed by atoms with Crippen LogP contribution in [0.3, 0.4) is 0 Å². The Morgan fingerprint density at radius 2 is 2.17 bits per heavy atom. The van der Waals surface area contributed by atoms with E-state index in [1.54, 1.807) is 0 Å². The highest BCUT2D eigenvalue weighted by Gasteiger charge is 2.09. The average Bonchev–Trinajstić information content (AvgIpc) is 2.66. The van der Waals surface area contributed by atoms with Gasteiger partial charge < -0.3 is 15.0 Å². The van der Waals surface area contributed by atoms with Crippen molar-refractivity contribution < 1.29 is 4.74 Å². The quantitative estimate of drug-likeness (QED) is 0.848. The molecule has 0 saturated heterocycles. The van der Waals surface area contributed by atoms with Crippen molar-refractivity contribution in [1.29, 1.82) is 0 Å². The van der Waals surface area contributed by atoms with Gasteiger partial charge in [0.2, 0.25) is 0 Å². The average molecular weight is 246 g/mol. The second-order valence-corrected chi connectivity index (χ2v) is 4.80. The van der Waals surface area contributed by atoms with E-state index in [0.717, 1.165) is 18.7 Å². The van der Waals surface area contributed by atoms with Gasteiger partial charge in [-0.1, -0.05) is 6.92 Å². The van der Waals surface area contributed by atoms with E-state index in [2.05, 4.69) is 43.2 Å². The van der Waals surface area contributed by atoms with Crippen LogP contribution in [0.2, 0.25) is 0 Å². The van der Waals surface area contributed by atoms with Gasteiger partial charge in [-0.05, 0) is 51.1 Å². The smallest absolute Gasteiger partial charge is 0.120 e. The third kappa shape index (κ3) is 2.51. The predicted molar refractivity (Wildman–Crippen MR) is 76.2 cm³/mol. The summed E-state index contributed by atoms with van der Waals surface area (Å²) in [4.78, 5) is 3.41. The van der Waals surface area contributed by atoms with Crippen molar-refractivity contribution in [1.82, 2.24) is 10.3 Å². The number of nitrogens with one attached hydrogen (secondary N) is 2. The van der Waals surface area contributed by atoms with Crippen LogP contribution in [0.5, 0.6) is 5.75 Å². The first-order valence-corrected chi connectivity index (χ1v) is 6.58. The van der Waals surface area contributed by atoms with Gasteiger partial charge in [-0.25, -0.2) is 0 Å². The van der Waals surface area contributed by atoms with Crippen LogP contribution < -0.4 is 10.1 Å². The first kappa shape index (κ1) is 13.0. The molecule has 0 aliphatic rings. The van der Waals surface area contributed by atoms with E-state index < -0.39 is 0 Å². The molecule has 2 rings (SSSR count). The minimum absolute atomic E-state index is 0.259. The van der Waals surface area contributed by atoms with Gasteiger partial charge in [0.25, 0.3) is 0 Å². The van der Waals surface area contributed by atoms with Crippen molar-refractivity contribution in [3.05, 3.63) is 29.5 Å². The maximum Gasteiger partial charge on any atom is 0.120 e. The third-order valence-corrected chi connectivity index (χ3v) is 3.36. The maximum absolute atomic E-state index is 5.88. The fraction of sp³-hybridized carbons (Fsp3) is 0.467. The lowest BCUT2D eigenvalue weighted by Crippen LogP contribution is -2.09. The molecular weight excluding hydrogens is 224 g/mol. The van der Waals surface area contributed by atoms with Crippen LogP contribution in [0.1, 0.15) is 31.5 Å². The molecule has 0 amide bonds. The summed E-state index contributed by atoms with van der Waals surface area (Å²) in [6, 6.07) is 6.27. The first-order valence-electron chi connectivity index (χ1n) is 6.58. The minimum atomic E-state index is 0.259. The number of benzene rings is 1. The molecule has 1 aromatic carbocycles. The molecule has 2 aromatic rings. The lowest BCUT2D eigenvalue weighted by atomic mass is 10.1. The van der Waals surface area contributed by atoms with Gasteiger partial charge in [-0.15, -0.1) is 0 Å². The second-order valence-electron chi connectivity index (χ2n) is 4.80. The van der Waals surface area contributed by atoms with Crippen LogP contribution in [0.15, 0.2) is 18.2 Å². The van der Waals surface area contributed by atoms with Crippen LogP contribution in [-0.4, -0.2) is 18.1 Å². The molecule has 2 N–H and O–H groups in total. The minimum Gasteiger partial charge on any atom is -0.491 e. The van der Waals surface area contributed by atoms with E-state index >= 15 is 0 Å². The summed E-state index contributed by atoms with van der Waals surface area (Å²) >= 11 is 0. The van der Waals surface area contributed by atoms with E-state index in [1.807, 2.05) is 13.1 Å². The van der Waals surface area contributed by atoms with Crippen molar-refractivity contribution in [2.45, 2.75) is 39.8 Å². The van der Waals surface area contributed by atoms with E-state index in [4.69, 9.17) is 4.74 Å². The summed E-state index contributed by atoms with van der Waals surface area (Å²) in [5, 5.41) is 4.47. The van der Waals surface area contributed by atoms with Gasteiger partial charge in [-0.2, -0.15) is 0 Å². The summed E-state index contributed by atoms with van der Waals surface area (Å²) in [7, 11) is 1.97. The standard InChI is InChI=1S/C15H22N2O/c1-5-10(2)18-12-6-7-15-13(8-12)14(9-16-4)11(3)17-15/h6-8,10,16-17H,5,9H2,1-4H3/t10-/m1/s1. The van der Waals surface area contributed by atoms with Crippen LogP contribution in [0, 0.1) is 6.92 Å². The molecule has 0 radical (unpaired) electrons. The number of H-pyrrole nitrogens is 1. The third-order valence-electron chi connectivity index (χ3n) is 3.36. The fourth-order valence-electron chi connectivity index (χ4n) is 2.16. The summed E-state index contributed by atoms with van der Waals surface area (Å²) in [6.07, 6.45) is 1.28. The zero-order valence-electron chi connectivity index (χ0n) is 11.6. The van der Waals surface area contributed by atoms with Gasteiger partial charge >= 0.3 is 0 Å². The summed E-state index contributed by atoms with van der Waals surface area (Å²) < 4.78 is 5.88. The molecule has 0 aliphatic heterocycles. The van der Waals surface area contributed by atoms with Crippen molar-refractivity contribution in [3.8, 4) is 5.75 Å². The van der Waals surface area contributed by atoms with Gasteiger partial charge in [0.15, 0.2) is 0 Å². The van der Waals surface area contributed by atoms with Gasteiger partial charge in [0.05, 0.1) is 6.10 Å². The molecule has 3 nitrogen and oxygen atoms in total. The molecule has 0 spiro atoms. The molecule has 98 valence electrons. The lowest BCUT2D eigenvalue weighted by Gasteiger charge is -2.12. The molecule has 0 bridgehead atoms. The SMILES string of the molecule is CC[C@@H](C)Oc1ccc2[nH]c(C)c(CNC)c2c1. The Hall–Kier alpha value is -1.48. The molecule has 0 aliphatic carbocycles. The highest BCUT2D eigenvalue weighted by molar-refractivity contribution is 5.86. The normalized spacial score (nSPS) is 12.9. The van der Waals surface area contributed by atoms with Crippen LogP contribution >= 0.6 is 0 Å². The van der Waals surface area contributed by atoms with E-state index in [9.17, 15) is 0 Å². The highest BCUT2D eigenvalue weighted by atomic mass is 16.5. The summed E-state index contributed by atoms with van der Waals surface area (Å²) in [6.45, 7) is 7.22. The largest absolute Gasteiger partial charge is 0.491 e. The van der Waals surface area contributed by atoms with Crippen molar-refractivity contribution in [2.24, 2.45) is 0 Å². The number of hydrogen-bond acceptors (Lipinski definition) is 2. The van der Waals surface area contributed by atoms with Crippen LogP contribution in [0.4, 0.5) is 0 Å². The molecule has 0 fully saturated rings. The molecule has 1 heterocycles. The monoisotopic (exact) mass is 246 g/mol. The van der Waals surface area contributed by atoms with E-state index in [1.165, 1.54) is 22.2 Å². The Labute approximate surface area is 109 Å². The zero-order chi connectivity index (χ0) is 13.1. The van der Waals surface area contributed by atoms with Gasteiger partial charge in [-0.3, -0.25) is 0 Å². The zero-order valence-corrected chi connectivity index (χ0v) is 11.6. The topological polar surface area (TPSA) is 37.0 Å². The van der Waals surface area contributed by atoms with Gasteiger partial charge in [0.1, 0.15) is 5.75 Å². The summed E-state index contributed by atoms with van der Waals surface area (Å²) in [5.41, 5.74) is 3.72. The molecule has 1 atom stereocenters. The molecule has 3 heteroatoms. The molecule has 1 aromatic heterocycles. The Kier molecular flexibility index (Phi) is 3.92. The first-order chi connectivity index (χ1) is 8.65. The van der Waals surface area contributed by atoms with Gasteiger partial charge in [0, 0.05) is 23.1 Å². The fourth-order valence-corrected chi connectivity index (χ4v) is 2.16. The number of rotatable bonds is 5. The van der Waals surface area contributed by atoms with Crippen molar-refractivity contribution in [3.63, 3.8) is 0 Å². The van der Waals surface area contributed by atoms with E-state index in [0.29, 0.717) is 0 Å². The maximum atomic E-state index is 5.88. The Bertz CT molecular complexity index is 531. The number of aryl methyl sites for hydroxylation is 1. The van der Waals surface area contributed by atoms with Crippen LogP contribution in [0.25, 0.3) is 10.9 Å². The summed E-state index contributed by atoms with van der Waals surface area (Å²) in [5.74, 6) is 0.952.